The number of nitrogens with zero attached hydrogens (tertiary/aromatic N) is 3. The fourth-order valence-corrected chi connectivity index (χ4v) is 1.38. The minimum Gasteiger partial charge on any atom is -0.478 e. The molecule has 0 spiro atoms. The van der Waals surface area contributed by atoms with Gasteiger partial charge in [-0.3, -0.25) is 10.1 Å². The predicted molar refractivity (Wildman–Crippen MR) is 60.6 cm³/mol. The number of hydrogen-bond acceptors (Lipinski definition) is 7. The maximum atomic E-state index is 10.6. The van der Waals surface area contributed by atoms with E-state index < -0.39 is 4.92 Å². The van der Waals surface area contributed by atoms with Gasteiger partial charge in [-0.05, 0) is 6.07 Å². The van der Waals surface area contributed by atoms with E-state index in [1.54, 1.807) is 0 Å². The number of hydrogen-bond donors (Lipinski definition) is 2. The van der Waals surface area contributed by atoms with Crippen LogP contribution in [0.5, 0.6) is 5.88 Å². The Bertz CT molecular complexity index is 586. The first-order chi connectivity index (χ1) is 8.15. The van der Waals surface area contributed by atoms with Crippen molar-refractivity contribution in [1.82, 2.24) is 9.97 Å². The van der Waals surface area contributed by atoms with Gasteiger partial charge in [0.2, 0.25) is 5.82 Å². The monoisotopic (exact) mass is 235 g/mol. The molecule has 0 unspecified atom stereocenters. The Balaban J connectivity index is 2.66. The number of aromatic nitrogens is 2. The molecule has 3 N–H and O–H groups in total. The Morgan fingerprint density at radius 3 is 2.76 bits per heavy atom. The smallest absolute Gasteiger partial charge is 0.271 e. The summed E-state index contributed by atoms with van der Waals surface area (Å²) in [6.07, 6.45) is 0. The number of nitrogen functional groups attached to an aromatic ring is 1. The topological polar surface area (TPSA) is 116 Å². The highest BCUT2D eigenvalue weighted by Gasteiger charge is 2.12. The molecule has 0 atom stereocenters. The van der Waals surface area contributed by atoms with Crippen LogP contribution < -0.4 is 16.0 Å². The number of nitro benzene ring substituents is 1. The molecule has 17 heavy (non-hydrogen) atoms. The van der Waals surface area contributed by atoms with Crippen LogP contribution in [-0.2, 0) is 0 Å². The third-order valence-electron chi connectivity index (χ3n) is 2.16. The van der Waals surface area contributed by atoms with Crippen LogP contribution in [0.2, 0.25) is 0 Å². The Kier molecular flexibility index (Phi) is 2.71. The lowest BCUT2D eigenvalue weighted by atomic mass is 10.2. The standard InChI is InChI=1S/C9H9N5O3/c1-17-9-8(13-10)11-7-4-5(14(15)16)2-3-6(7)12-9/h2-4H,10H2,1H3,(H,11,13). The number of nitrogens with one attached hydrogen (secondary N) is 1. The molecular formula is C9H9N5O3. The minimum absolute atomic E-state index is 0.0556. The first kappa shape index (κ1) is 11.0. The Hall–Kier alpha value is -2.48. The lowest BCUT2D eigenvalue weighted by Crippen LogP contribution is -2.11. The van der Waals surface area contributed by atoms with Crippen LogP contribution in [0.15, 0.2) is 18.2 Å². The fourth-order valence-electron chi connectivity index (χ4n) is 1.38. The molecule has 88 valence electrons. The van der Waals surface area contributed by atoms with Crippen LogP contribution in [0, 0.1) is 10.1 Å². The van der Waals surface area contributed by atoms with E-state index in [9.17, 15) is 10.1 Å². The van der Waals surface area contributed by atoms with E-state index in [-0.39, 0.29) is 17.4 Å². The fraction of sp³-hybridized carbons (Fsp3) is 0.111. The molecule has 2 rings (SSSR count). The zero-order valence-electron chi connectivity index (χ0n) is 8.88. The summed E-state index contributed by atoms with van der Waals surface area (Å²) in [6, 6.07) is 4.18. The third-order valence-corrected chi connectivity index (χ3v) is 2.16. The second-order valence-electron chi connectivity index (χ2n) is 3.16. The molecule has 1 aromatic heterocycles. The first-order valence-corrected chi connectivity index (χ1v) is 4.62. The van der Waals surface area contributed by atoms with Crippen LogP contribution >= 0.6 is 0 Å². The summed E-state index contributed by atoms with van der Waals surface area (Å²) in [6.45, 7) is 0. The largest absolute Gasteiger partial charge is 0.478 e. The van der Waals surface area contributed by atoms with Gasteiger partial charge in [-0.15, -0.1) is 0 Å². The van der Waals surface area contributed by atoms with Gasteiger partial charge in [0, 0.05) is 12.1 Å². The maximum Gasteiger partial charge on any atom is 0.271 e. The highest BCUT2D eigenvalue weighted by atomic mass is 16.6. The van der Waals surface area contributed by atoms with E-state index in [1.807, 2.05) is 0 Å². The van der Waals surface area contributed by atoms with Crippen LogP contribution in [-0.4, -0.2) is 22.0 Å². The number of ether oxygens (including phenoxy) is 1. The van der Waals surface area contributed by atoms with Gasteiger partial charge in [0.15, 0.2) is 0 Å². The highest BCUT2D eigenvalue weighted by molar-refractivity contribution is 5.79. The predicted octanol–water partition coefficient (Wildman–Crippen LogP) is 0.832. The van der Waals surface area contributed by atoms with Crippen LogP contribution in [0.1, 0.15) is 0 Å². The molecule has 0 aliphatic heterocycles. The number of non-ortho nitro benzene ring substituents is 1. The molecular weight excluding hydrogens is 226 g/mol. The summed E-state index contributed by atoms with van der Waals surface area (Å²) < 4.78 is 4.97. The second kappa shape index (κ2) is 4.18. The van der Waals surface area contributed by atoms with Gasteiger partial charge in [-0.2, -0.15) is 0 Å². The van der Waals surface area contributed by atoms with Crippen molar-refractivity contribution < 1.29 is 9.66 Å². The lowest BCUT2D eigenvalue weighted by molar-refractivity contribution is -0.384. The number of fused-ring (bicyclic) bond motifs is 1. The summed E-state index contributed by atoms with van der Waals surface area (Å²) >= 11 is 0. The number of nitrogens with two attached hydrogens (primary N) is 1. The maximum absolute atomic E-state index is 10.6. The van der Waals surface area contributed by atoms with E-state index in [4.69, 9.17) is 10.6 Å². The van der Waals surface area contributed by atoms with Crippen LogP contribution in [0.3, 0.4) is 0 Å². The minimum atomic E-state index is -0.499. The van der Waals surface area contributed by atoms with Crippen molar-refractivity contribution in [3.05, 3.63) is 28.3 Å². The molecule has 8 nitrogen and oxygen atoms in total. The molecule has 1 aromatic carbocycles. The van der Waals surface area contributed by atoms with Crippen molar-refractivity contribution >= 4 is 22.5 Å². The number of rotatable bonds is 3. The summed E-state index contributed by atoms with van der Waals surface area (Å²) in [7, 11) is 1.43. The molecule has 0 radical (unpaired) electrons. The third kappa shape index (κ3) is 1.93. The van der Waals surface area contributed by atoms with Gasteiger partial charge < -0.3 is 10.2 Å². The van der Waals surface area contributed by atoms with E-state index >= 15 is 0 Å². The average molecular weight is 235 g/mol. The van der Waals surface area contributed by atoms with Crippen molar-refractivity contribution in [1.29, 1.82) is 0 Å². The molecule has 8 heteroatoms. The number of nitro groups is 1. The van der Waals surface area contributed by atoms with Crippen molar-refractivity contribution in [2.45, 2.75) is 0 Å². The molecule has 0 saturated carbocycles. The molecule has 0 aliphatic rings. The molecule has 0 amide bonds. The van der Waals surface area contributed by atoms with E-state index in [2.05, 4.69) is 15.4 Å². The second-order valence-corrected chi connectivity index (χ2v) is 3.16. The van der Waals surface area contributed by atoms with Gasteiger partial charge in [-0.25, -0.2) is 15.8 Å². The van der Waals surface area contributed by atoms with Gasteiger partial charge in [0.1, 0.15) is 0 Å². The molecule has 0 saturated heterocycles. The Morgan fingerprint density at radius 1 is 1.41 bits per heavy atom. The zero-order valence-corrected chi connectivity index (χ0v) is 8.88. The van der Waals surface area contributed by atoms with E-state index in [1.165, 1.54) is 25.3 Å². The molecule has 0 aliphatic carbocycles. The molecule has 1 heterocycles. The lowest BCUT2D eigenvalue weighted by Gasteiger charge is -2.06. The SMILES string of the molecule is COc1nc2ccc([N+](=O)[O-])cc2nc1NN. The highest BCUT2D eigenvalue weighted by Crippen LogP contribution is 2.24. The van der Waals surface area contributed by atoms with Crippen molar-refractivity contribution in [2.75, 3.05) is 12.5 Å². The molecule has 0 fully saturated rings. The van der Waals surface area contributed by atoms with Crippen molar-refractivity contribution in [3.63, 3.8) is 0 Å². The Labute approximate surface area is 95.5 Å². The number of anilines is 1. The first-order valence-electron chi connectivity index (χ1n) is 4.62. The number of hydrazine groups is 1. The van der Waals surface area contributed by atoms with Crippen LogP contribution in [0.4, 0.5) is 11.5 Å². The van der Waals surface area contributed by atoms with E-state index in [0.717, 1.165) is 0 Å². The summed E-state index contributed by atoms with van der Waals surface area (Å²) in [5, 5.41) is 10.6. The summed E-state index contributed by atoms with van der Waals surface area (Å²) in [5.74, 6) is 5.70. The number of benzene rings is 1. The van der Waals surface area contributed by atoms with Crippen molar-refractivity contribution in [3.8, 4) is 5.88 Å². The summed E-state index contributed by atoms with van der Waals surface area (Å²) in [4.78, 5) is 18.3. The van der Waals surface area contributed by atoms with Gasteiger partial charge in [0.05, 0.1) is 23.1 Å². The van der Waals surface area contributed by atoms with E-state index in [0.29, 0.717) is 11.0 Å². The van der Waals surface area contributed by atoms with Crippen molar-refractivity contribution in [2.24, 2.45) is 5.84 Å². The van der Waals surface area contributed by atoms with Gasteiger partial charge in [0.25, 0.3) is 11.6 Å². The normalized spacial score (nSPS) is 10.2. The quantitative estimate of drug-likeness (QED) is 0.459. The molecule has 2 aromatic rings. The van der Waals surface area contributed by atoms with Gasteiger partial charge in [-0.1, -0.05) is 0 Å². The van der Waals surface area contributed by atoms with Gasteiger partial charge >= 0.3 is 0 Å². The average Bonchev–Trinajstić information content (AvgIpc) is 2.36. The van der Waals surface area contributed by atoms with Crippen LogP contribution in [0.25, 0.3) is 11.0 Å². The zero-order chi connectivity index (χ0) is 12.4. The summed E-state index contributed by atoms with van der Waals surface area (Å²) in [5.41, 5.74) is 3.12. The Morgan fingerprint density at radius 2 is 2.18 bits per heavy atom. The number of methoxy groups -OCH3 is 1. The molecule has 0 bridgehead atoms.